The van der Waals surface area contributed by atoms with E-state index in [4.69, 9.17) is 10.1 Å². The average molecular weight is 214 g/mol. The van der Waals surface area contributed by atoms with Crippen LogP contribution in [-0.2, 0) is 4.74 Å². The Labute approximate surface area is 89.7 Å². The first-order chi connectivity index (χ1) is 6.57. The summed E-state index contributed by atoms with van der Waals surface area (Å²) in [6.45, 7) is 7.19. The number of rotatable bonds is 2. The van der Waals surface area contributed by atoms with Gasteiger partial charge in [-0.25, -0.2) is 0 Å². The molecule has 0 amide bonds. The smallest absolute Gasteiger partial charge is 0.157 e. The zero-order valence-electron chi connectivity index (χ0n) is 8.88. The fourth-order valence-corrected chi connectivity index (χ4v) is 3.08. The second-order valence-electron chi connectivity index (χ2n) is 4.68. The lowest BCUT2D eigenvalue weighted by molar-refractivity contribution is 0.0916. The van der Waals surface area contributed by atoms with E-state index in [-0.39, 0.29) is 4.75 Å². The van der Waals surface area contributed by atoms with E-state index in [0.717, 1.165) is 26.1 Å². The van der Waals surface area contributed by atoms with Crippen molar-refractivity contribution >= 4 is 16.9 Å². The van der Waals surface area contributed by atoms with Crippen LogP contribution >= 0.6 is 11.8 Å². The molecule has 0 aromatic carbocycles. The number of ether oxygens (including phenoxy) is 1. The molecule has 4 heteroatoms. The van der Waals surface area contributed by atoms with Crippen LogP contribution in [0.1, 0.15) is 26.7 Å². The number of nitrogens with zero attached hydrogens (tertiary/aromatic N) is 1. The van der Waals surface area contributed by atoms with E-state index in [1.54, 1.807) is 11.8 Å². The number of hydrogen-bond donors (Lipinski definition) is 1. The highest BCUT2D eigenvalue weighted by atomic mass is 32.2. The third-order valence-electron chi connectivity index (χ3n) is 2.68. The predicted molar refractivity (Wildman–Crippen MR) is 59.9 cm³/mol. The first kappa shape index (κ1) is 10.3. The Bertz CT molecular complexity index is 236. The van der Waals surface area contributed by atoms with Crippen LogP contribution in [-0.4, -0.2) is 40.6 Å². The summed E-state index contributed by atoms with van der Waals surface area (Å²) in [4.78, 5) is 2.15. The lowest BCUT2D eigenvalue weighted by Gasteiger charge is -2.22. The van der Waals surface area contributed by atoms with Crippen LogP contribution in [0.15, 0.2) is 0 Å². The molecule has 0 aliphatic carbocycles. The van der Waals surface area contributed by atoms with Crippen LogP contribution in [0.3, 0.4) is 0 Å². The molecule has 0 aromatic heterocycles. The summed E-state index contributed by atoms with van der Waals surface area (Å²) >= 11 is 1.67. The van der Waals surface area contributed by atoms with Crippen LogP contribution in [0.25, 0.3) is 0 Å². The molecule has 2 aliphatic rings. The molecule has 0 saturated carbocycles. The van der Waals surface area contributed by atoms with Crippen molar-refractivity contribution in [2.75, 3.05) is 19.7 Å². The number of amidine groups is 1. The molecule has 2 heterocycles. The van der Waals surface area contributed by atoms with E-state index >= 15 is 0 Å². The summed E-state index contributed by atoms with van der Waals surface area (Å²) in [7, 11) is 0. The molecule has 0 spiro atoms. The van der Waals surface area contributed by atoms with E-state index in [0.29, 0.717) is 11.3 Å². The molecule has 80 valence electrons. The average Bonchev–Trinajstić information content (AvgIpc) is 2.61. The van der Waals surface area contributed by atoms with Crippen LogP contribution in [0.5, 0.6) is 0 Å². The third kappa shape index (κ3) is 2.23. The summed E-state index contributed by atoms with van der Waals surface area (Å²) in [5.74, 6) is 0. The van der Waals surface area contributed by atoms with E-state index in [1.807, 2.05) is 0 Å². The van der Waals surface area contributed by atoms with E-state index in [1.165, 1.54) is 6.42 Å². The molecule has 2 aliphatic heterocycles. The van der Waals surface area contributed by atoms with Crippen LogP contribution in [0, 0.1) is 5.41 Å². The molecule has 1 unspecified atom stereocenters. The molecule has 2 saturated heterocycles. The maximum Gasteiger partial charge on any atom is 0.157 e. The van der Waals surface area contributed by atoms with E-state index < -0.39 is 0 Å². The summed E-state index contributed by atoms with van der Waals surface area (Å²) in [5.41, 5.74) is 0. The van der Waals surface area contributed by atoms with Crippen LogP contribution < -0.4 is 0 Å². The van der Waals surface area contributed by atoms with Crippen molar-refractivity contribution < 1.29 is 4.74 Å². The number of nitrogens with one attached hydrogen (secondary N) is 1. The van der Waals surface area contributed by atoms with Crippen molar-refractivity contribution in [3.63, 3.8) is 0 Å². The maximum absolute atomic E-state index is 7.86. The third-order valence-corrected chi connectivity index (χ3v) is 3.81. The first-order valence-electron chi connectivity index (χ1n) is 5.21. The minimum atomic E-state index is 0.204. The Hall–Kier alpha value is -0.220. The largest absolute Gasteiger partial charge is 0.376 e. The van der Waals surface area contributed by atoms with Gasteiger partial charge in [-0.15, -0.1) is 0 Å². The Morgan fingerprint density at radius 1 is 1.64 bits per heavy atom. The van der Waals surface area contributed by atoms with Crippen molar-refractivity contribution in [2.24, 2.45) is 0 Å². The molecular weight excluding hydrogens is 196 g/mol. The lowest BCUT2D eigenvalue weighted by Crippen LogP contribution is -2.35. The van der Waals surface area contributed by atoms with E-state index in [2.05, 4.69) is 18.7 Å². The quantitative estimate of drug-likeness (QED) is 0.763. The van der Waals surface area contributed by atoms with Gasteiger partial charge in [-0.2, -0.15) is 0 Å². The Kier molecular flexibility index (Phi) is 2.75. The first-order valence-corrected chi connectivity index (χ1v) is 6.03. The van der Waals surface area contributed by atoms with Gasteiger partial charge in [0.25, 0.3) is 0 Å². The second-order valence-corrected chi connectivity index (χ2v) is 6.38. The fourth-order valence-electron chi connectivity index (χ4n) is 2.07. The summed E-state index contributed by atoms with van der Waals surface area (Å²) in [6.07, 6.45) is 2.71. The highest BCUT2D eigenvalue weighted by Crippen LogP contribution is 2.35. The molecule has 0 bridgehead atoms. The molecule has 1 N–H and O–H groups in total. The minimum Gasteiger partial charge on any atom is -0.376 e. The Balaban J connectivity index is 1.89. The number of hydrogen-bond acceptors (Lipinski definition) is 3. The molecule has 14 heavy (non-hydrogen) atoms. The normalized spacial score (nSPS) is 31.4. The summed E-state index contributed by atoms with van der Waals surface area (Å²) in [5, 5.41) is 8.57. The minimum absolute atomic E-state index is 0.204. The lowest BCUT2D eigenvalue weighted by atomic mass is 10.2. The van der Waals surface area contributed by atoms with Gasteiger partial charge in [-0.3, -0.25) is 5.41 Å². The topological polar surface area (TPSA) is 36.3 Å². The van der Waals surface area contributed by atoms with Crippen LogP contribution in [0.4, 0.5) is 0 Å². The van der Waals surface area contributed by atoms with Gasteiger partial charge in [0, 0.05) is 24.4 Å². The van der Waals surface area contributed by atoms with Gasteiger partial charge in [0.2, 0.25) is 0 Å². The van der Waals surface area contributed by atoms with Crippen molar-refractivity contribution in [1.82, 2.24) is 4.90 Å². The second kappa shape index (κ2) is 3.74. The molecular formula is C10H18N2OS. The van der Waals surface area contributed by atoms with Gasteiger partial charge in [0.15, 0.2) is 5.17 Å². The molecule has 2 rings (SSSR count). The van der Waals surface area contributed by atoms with Crippen LogP contribution in [0.2, 0.25) is 0 Å². The highest BCUT2D eigenvalue weighted by molar-refractivity contribution is 8.15. The standard InChI is InChI=1S/C10H18N2OS/c1-10(2)7-12(9(11)14-10)6-8-4-3-5-13-8/h8,11H,3-7H2,1-2H3. The van der Waals surface area contributed by atoms with Gasteiger partial charge in [-0.1, -0.05) is 11.8 Å². The highest BCUT2D eigenvalue weighted by Gasteiger charge is 2.35. The molecule has 1 atom stereocenters. The van der Waals surface area contributed by atoms with Gasteiger partial charge < -0.3 is 9.64 Å². The predicted octanol–water partition coefficient (Wildman–Crippen LogP) is 1.93. The Morgan fingerprint density at radius 3 is 2.93 bits per heavy atom. The van der Waals surface area contributed by atoms with Gasteiger partial charge in [0.05, 0.1) is 6.10 Å². The van der Waals surface area contributed by atoms with Crippen molar-refractivity contribution in [1.29, 1.82) is 5.41 Å². The van der Waals surface area contributed by atoms with Crippen molar-refractivity contribution in [3.8, 4) is 0 Å². The van der Waals surface area contributed by atoms with Gasteiger partial charge in [0.1, 0.15) is 0 Å². The van der Waals surface area contributed by atoms with Crippen molar-refractivity contribution in [3.05, 3.63) is 0 Å². The van der Waals surface area contributed by atoms with E-state index in [9.17, 15) is 0 Å². The zero-order chi connectivity index (χ0) is 10.2. The van der Waals surface area contributed by atoms with Crippen molar-refractivity contribution in [2.45, 2.75) is 37.5 Å². The zero-order valence-corrected chi connectivity index (χ0v) is 9.69. The van der Waals surface area contributed by atoms with Gasteiger partial charge in [-0.05, 0) is 26.7 Å². The monoisotopic (exact) mass is 214 g/mol. The maximum atomic E-state index is 7.86. The molecule has 0 radical (unpaired) electrons. The fraction of sp³-hybridized carbons (Fsp3) is 0.900. The summed E-state index contributed by atoms with van der Waals surface area (Å²) in [6, 6.07) is 0. The SMILES string of the molecule is CC1(C)CN(CC2CCCO2)C(=N)S1. The molecule has 0 aromatic rings. The van der Waals surface area contributed by atoms with Gasteiger partial charge >= 0.3 is 0 Å². The number of thioether (sulfide) groups is 1. The molecule has 3 nitrogen and oxygen atoms in total. The Morgan fingerprint density at radius 2 is 2.43 bits per heavy atom. The molecule has 2 fully saturated rings. The summed E-state index contributed by atoms with van der Waals surface area (Å²) < 4.78 is 5.79.